The van der Waals surface area contributed by atoms with Gasteiger partial charge in [0.05, 0.1) is 6.04 Å². The van der Waals surface area contributed by atoms with Gasteiger partial charge in [0.1, 0.15) is 11.2 Å². The molecule has 256 valence electrons. The molecule has 0 saturated carbocycles. The highest BCUT2D eigenvalue weighted by Crippen LogP contribution is 2.44. The van der Waals surface area contributed by atoms with Crippen LogP contribution in [-0.4, -0.2) is 6.04 Å². The highest BCUT2D eigenvalue weighted by atomic mass is 16.3. The second-order valence-electron chi connectivity index (χ2n) is 14.0. The van der Waals surface area contributed by atoms with Crippen LogP contribution >= 0.6 is 0 Å². The molecule has 1 heterocycles. The van der Waals surface area contributed by atoms with Crippen LogP contribution < -0.4 is 4.90 Å². The first-order valence-corrected chi connectivity index (χ1v) is 18.7. The van der Waals surface area contributed by atoms with Gasteiger partial charge in [-0.25, -0.2) is 0 Å². The lowest BCUT2D eigenvalue weighted by molar-refractivity contribution is 0.673. The van der Waals surface area contributed by atoms with Gasteiger partial charge in [-0.1, -0.05) is 176 Å². The summed E-state index contributed by atoms with van der Waals surface area (Å²) in [5.41, 5.74) is 8.84. The maximum Gasteiger partial charge on any atom is 0.143 e. The van der Waals surface area contributed by atoms with E-state index in [0.717, 1.165) is 56.2 Å². The summed E-state index contributed by atoms with van der Waals surface area (Å²) in [6.07, 6.45) is 7.94. The number of allylic oxidation sites excluding steroid dienone is 2. The topological polar surface area (TPSA) is 16.4 Å². The van der Waals surface area contributed by atoms with E-state index in [4.69, 9.17) is 4.42 Å². The summed E-state index contributed by atoms with van der Waals surface area (Å²) < 4.78 is 6.87. The van der Waals surface area contributed by atoms with E-state index in [9.17, 15) is 0 Å². The van der Waals surface area contributed by atoms with Crippen molar-refractivity contribution in [2.75, 3.05) is 4.90 Å². The third kappa shape index (κ3) is 5.70. The maximum atomic E-state index is 6.87. The number of benzene rings is 7. The van der Waals surface area contributed by atoms with Crippen LogP contribution in [0.1, 0.15) is 12.0 Å². The predicted octanol–water partition coefficient (Wildman–Crippen LogP) is 14.4. The molecule has 1 aromatic heterocycles. The monoisotopic (exact) mass is 691 g/mol. The van der Waals surface area contributed by atoms with Gasteiger partial charge in [-0.3, -0.25) is 0 Å². The van der Waals surface area contributed by atoms with Crippen molar-refractivity contribution in [3.8, 4) is 11.1 Å². The van der Waals surface area contributed by atoms with Gasteiger partial charge in [-0.05, 0) is 74.8 Å². The summed E-state index contributed by atoms with van der Waals surface area (Å²) in [6, 6.07) is 67.4. The van der Waals surface area contributed by atoms with Crippen molar-refractivity contribution >= 4 is 71.2 Å². The molecule has 0 aliphatic heterocycles. The molecule has 2 heteroatoms. The van der Waals surface area contributed by atoms with E-state index in [2.05, 4.69) is 211 Å². The molecule has 0 bridgehead atoms. The molecular weight excluding hydrogens is 655 g/mol. The molecule has 10 rings (SSSR count). The lowest BCUT2D eigenvalue weighted by Crippen LogP contribution is -2.30. The van der Waals surface area contributed by atoms with Crippen LogP contribution in [0, 0.1) is 0 Å². The predicted molar refractivity (Wildman–Crippen MR) is 230 cm³/mol. The van der Waals surface area contributed by atoms with Gasteiger partial charge >= 0.3 is 0 Å². The number of anilines is 2. The van der Waals surface area contributed by atoms with Crippen molar-refractivity contribution in [3.63, 3.8) is 0 Å². The minimum absolute atomic E-state index is 0.0891. The lowest BCUT2D eigenvalue weighted by Gasteiger charge is -2.35. The highest BCUT2D eigenvalue weighted by Gasteiger charge is 2.25. The smallest absolute Gasteiger partial charge is 0.143 e. The van der Waals surface area contributed by atoms with Crippen LogP contribution in [0.3, 0.4) is 0 Å². The summed E-state index contributed by atoms with van der Waals surface area (Å²) in [6.45, 7) is 0. The molecule has 0 amide bonds. The third-order valence-corrected chi connectivity index (χ3v) is 10.8. The van der Waals surface area contributed by atoms with E-state index in [0.29, 0.717) is 0 Å². The SMILES string of the molecule is C1=CC(N(c2ccc3ccccc3c2)c2ccccc2-c2cccc3c2oc2c4ccccc4ccc32)CC=C1c1ccc2ccccccccc2c1. The summed E-state index contributed by atoms with van der Waals surface area (Å²) in [4.78, 5) is 2.52. The zero-order chi connectivity index (χ0) is 35.8. The first kappa shape index (κ1) is 31.8. The number of furan rings is 1. The molecule has 1 atom stereocenters. The van der Waals surface area contributed by atoms with Crippen LogP contribution in [0.15, 0.2) is 211 Å². The molecule has 0 radical (unpaired) electrons. The van der Waals surface area contributed by atoms with Gasteiger partial charge in [-0.15, -0.1) is 0 Å². The normalized spacial score (nSPS) is 14.1. The molecular formula is C52H37NO. The number of rotatable bonds is 5. The molecule has 54 heavy (non-hydrogen) atoms. The zero-order valence-electron chi connectivity index (χ0n) is 29.8. The second kappa shape index (κ2) is 13.6. The van der Waals surface area contributed by atoms with Gasteiger partial charge in [-0.2, -0.15) is 0 Å². The first-order chi connectivity index (χ1) is 26.8. The summed E-state index contributed by atoms with van der Waals surface area (Å²) in [5, 5.41) is 9.46. The average molecular weight is 692 g/mol. The lowest BCUT2D eigenvalue weighted by atomic mass is 9.93. The van der Waals surface area contributed by atoms with Crippen molar-refractivity contribution in [2.24, 2.45) is 0 Å². The molecule has 0 N–H and O–H groups in total. The Morgan fingerprint density at radius 3 is 1.87 bits per heavy atom. The van der Waals surface area contributed by atoms with Gasteiger partial charge in [0.15, 0.2) is 0 Å². The van der Waals surface area contributed by atoms with Crippen molar-refractivity contribution in [1.29, 1.82) is 0 Å². The molecule has 1 aliphatic rings. The molecule has 0 saturated heterocycles. The van der Waals surface area contributed by atoms with Crippen LogP contribution in [0.4, 0.5) is 11.4 Å². The quantitative estimate of drug-likeness (QED) is 0.179. The molecule has 9 aromatic rings. The number of nitrogens with zero attached hydrogens (tertiary/aromatic N) is 1. The van der Waals surface area contributed by atoms with Gasteiger partial charge in [0.25, 0.3) is 0 Å². The van der Waals surface area contributed by atoms with Crippen molar-refractivity contribution < 1.29 is 4.42 Å². The standard InChI is InChI=1S/C52H37NO/c1-2-4-6-17-40-34-42(25-24-36(40)14-5-3-1)38-26-30-43(31-27-38)53(44-32-28-37-15-7-8-18-41(37)35-44)50-23-12-11-20-46(50)47-21-13-22-48-49-33-29-39-16-9-10-19-45(39)51(49)54-52(47)48/h1-30,32-35,43H,31H2. The Morgan fingerprint density at radius 2 is 1.06 bits per heavy atom. The number of para-hydroxylation sites is 2. The van der Waals surface area contributed by atoms with Crippen LogP contribution in [-0.2, 0) is 0 Å². The molecule has 0 fully saturated rings. The Kier molecular flexibility index (Phi) is 8.00. The fourth-order valence-electron chi connectivity index (χ4n) is 8.13. The average Bonchev–Trinajstić information content (AvgIpc) is 3.63. The molecule has 8 aromatic carbocycles. The van der Waals surface area contributed by atoms with E-state index >= 15 is 0 Å². The van der Waals surface area contributed by atoms with E-state index in [1.807, 2.05) is 0 Å². The number of hydrogen-bond donors (Lipinski definition) is 0. The highest BCUT2D eigenvalue weighted by molar-refractivity contribution is 6.17. The van der Waals surface area contributed by atoms with E-state index in [1.165, 1.54) is 38.1 Å². The Morgan fingerprint density at radius 1 is 0.444 bits per heavy atom. The minimum atomic E-state index is 0.0891. The Bertz CT molecular complexity index is 3000. The summed E-state index contributed by atoms with van der Waals surface area (Å²) in [7, 11) is 0. The van der Waals surface area contributed by atoms with E-state index in [-0.39, 0.29) is 6.04 Å². The summed E-state index contributed by atoms with van der Waals surface area (Å²) in [5.74, 6) is 0. The Balaban J connectivity index is 1.10. The number of hydrogen-bond acceptors (Lipinski definition) is 2. The van der Waals surface area contributed by atoms with E-state index in [1.54, 1.807) is 0 Å². The van der Waals surface area contributed by atoms with Gasteiger partial charge in [0, 0.05) is 38.7 Å². The molecule has 2 nitrogen and oxygen atoms in total. The van der Waals surface area contributed by atoms with Crippen molar-refractivity contribution in [1.82, 2.24) is 0 Å². The fourth-order valence-corrected chi connectivity index (χ4v) is 8.13. The maximum absolute atomic E-state index is 6.87. The van der Waals surface area contributed by atoms with Crippen LogP contribution in [0.2, 0.25) is 0 Å². The van der Waals surface area contributed by atoms with Gasteiger partial charge in [0.2, 0.25) is 0 Å². The third-order valence-electron chi connectivity index (χ3n) is 10.8. The van der Waals surface area contributed by atoms with Crippen LogP contribution in [0.25, 0.3) is 71.0 Å². The number of fused-ring (bicyclic) bond motifs is 7. The molecule has 1 aliphatic carbocycles. The van der Waals surface area contributed by atoms with Crippen LogP contribution in [0.5, 0.6) is 0 Å². The Labute approximate surface area is 314 Å². The van der Waals surface area contributed by atoms with E-state index < -0.39 is 0 Å². The molecule has 0 spiro atoms. The van der Waals surface area contributed by atoms with Crippen molar-refractivity contribution in [2.45, 2.75) is 12.5 Å². The first-order valence-electron chi connectivity index (χ1n) is 18.7. The zero-order valence-corrected chi connectivity index (χ0v) is 29.8. The Hall–Kier alpha value is -6.90. The fraction of sp³-hybridized carbons (Fsp3) is 0.0385. The largest absolute Gasteiger partial charge is 0.455 e. The second-order valence-corrected chi connectivity index (χ2v) is 14.0. The molecule has 1 unspecified atom stereocenters. The minimum Gasteiger partial charge on any atom is -0.455 e. The van der Waals surface area contributed by atoms with Gasteiger partial charge < -0.3 is 9.32 Å². The van der Waals surface area contributed by atoms with Crippen molar-refractivity contribution in [3.05, 3.63) is 212 Å². The summed E-state index contributed by atoms with van der Waals surface area (Å²) >= 11 is 0.